The molecule has 4 N–H and O–H groups in total. The molecule has 1 aliphatic heterocycles. The molecule has 3 rings (SSSR count). The van der Waals surface area contributed by atoms with E-state index in [0.717, 1.165) is 13.0 Å². The highest BCUT2D eigenvalue weighted by molar-refractivity contribution is 7.99. The largest absolute Gasteiger partial charge is 0.368 e. The van der Waals surface area contributed by atoms with Crippen LogP contribution in [-0.4, -0.2) is 37.6 Å². The van der Waals surface area contributed by atoms with E-state index in [9.17, 15) is 4.79 Å². The van der Waals surface area contributed by atoms with E-state index in [1.807, 2.05) is 24.0 Å². The van der Waals surface area contributed by atoms with Gasteiger partial charge in [0.15, 0.2) is 0 Å². The second-order valence-corrected chi connectivity index (χ2v) is 7.03. The van der Waals surface area contributed by atoms with Crippen molar-refractivity contribution in [2.45, 2.75) is 30.9 Å². The lowest BCUT2D eigenvalue weighted by molar-refractivity contribution is -0.131. The van der Waals surface area contributed by atoms with Crippen molar-refractivity contribution in [2.75, 3.05) is 18.0 Å². The van der Waals surface area contributed by atoms with Gasteiger partial charge in [-0.1, -0.05) is 24.3 Å². The van der Waals surface area contributed by atoms with Crippen LogP contribution in [0.5, 0.6) is 0 Å². The van der Waals surface area contributed by atoms with Crippen molar-refractivity contribution in [3.63, 3.8) is 0 Å². The number of nitrogens with two attached hydrogens (primary N) is 2. The van der Waals surface area contributed by atoms with Gasteiger partial charge < -0.3 is 16.4 Å². The fourth-order valence-corrected chi connectivity index (χ4v) is 3.55. The Morgan fingerprint density at radius 1 is 1.21 bits per heavy atom. The molecule has 24 heavy (non-hydrogen) atoms. The minimum absolute atomic E-state index is 0.102. The van der Waals surface area contributed by atoms with Crippen molar-refractivity contribution in [1.29, 1.82) is 0 Å². The molecule has 0 aliphatic carbocycles. The number of thioether (sulfide) groups is 1. The van der Waals surface area contributed by atoms with Gasteiger partial charge in [-0.25, -0.2) is 0 Å². The van der Waals surface area contributed by atoms with Gasteiger partial charge in [0, 0.05) is 13.1 Å². The molecule has 126 valence electrons. The van der Waals surface area contributed by atoms with Gasteiger partial charge in [-0.3, -0.25) is 4.79 Å². The number of fused-ring (bicyclic) bond motifs is 1. The van der Waals surface area contributed by atoms with Crippen LogP contribution in [0, 0.1) is 0 Å². The van der Waals surface area contributed by atoms with E-state index in [0.29, 0.717) is 18.1 Å². The summed E-state index contributed by atoms with van der Waals surface area (Å²) in [5.74, 6) is 1.29. The van der Waals surface area contributed by atoms with Gasteiger partial charge >= 0.3 is 0 Å². The monoisotopic (exact) mass is 344 g/mol. The maximum atomic E-state index is 12.7. The Morgan fingerprint density at radius 3 is 2.58 bits per heavy atom. The molecule has 0 fully saturated rings. The molecule has 1 amide bonds. The number of hydrogen-bond acceptors (Lipinski definition) is 7. The predicted octanol–water partition coefficient (Wildman–Crippen LogP) is 1.24. The summed E-state index contributed by atoms with van der Waals surface area (Å²) in [6.07, 6.45) is 0.903. The molecule has 1 aromatic carbocycles. The van der Waals surface area contributed by atoms with E-state index < -0.39 is 0 Å². The minimum atomic E-state index is -0.186. The van der Waals surface area contributed by atoms with Gasteiger partial charge in [0.1, 0.15) is 5.82 Å². The van der Waals surface area contributed by atoms with Crippen molar-refractivity contribution >= 4 is 29.6 Å². The normalized spacial score (nSPS) is 15.0. The van der Waals surface area contributed by atoms with Crippen molar-refractivity contribution in [3.8, 4) is 0 Å². The van der Waals surface area contributed by atoms with Gasteiger partial charge in [-0.05, 0) is 24.5 Å². The minimum Gasteiger partial charge on any atom is -0.368 e. The fourth-order valence-electron chi connectivity index (χ4n) is 2.73. The first-order valence-corrected chi connectivity index (χ1v) is 8.81. The molecule has 1 aliphatic rings. The summed E-state index contributed by atoms with van der Waals surface area (Å²) in [5, 5.41) is -0.186. The second-order valence-electron chi connectivity index (χ2n) is 5.70. The molecule has 2 heterocycles. The van der Waals surface area contributed by atoms with Gasteiger partial charge in [0.25, 0.3) is 0 Å². The van der Waals surface area contributed by atoms with Gasteiger partial charge in [-0.2, -0.15) is 15.0 Å². The SMILES string of the molecule is C[C@H](SCc1nc(N)nc(N)n1)C(=O)N1CCc2ccccc2C1. The van der Waals surface area contributed by atoms with Gasteiger partial charge in [0.2, 0.25) is 17.8 Å². The molecule has 0 unspecified atom stereocenters. The summed E-state index contributed by atoms with van der Waals surface area (Å²) in [6.45, 7) is 3.33. The van der Waals surface area contributed by atoms with E-state index in [1.54, 1.807) is 0 Å². The van der Waals surface area contributed by atoms with E-state index in [4.69, 9.17) is 11.5 Å². The first-order valence-electron chi connectivity index (χ1n) is 7.76. The number of nitrogen functional groups attached to an aromatic ring is 2. The highest BCUT2D eigenvalue weighted by Crippen LogP contribution is 2.23. The standard InChI is InChI=1S/C16H20N6OS/c1-10(24-9-13-19-15(17)21-16(18)20-13)14(23)22-7-6-11-4-2-3-5-12(11)8-22/h2-5,10H,6-9H2,1H3,(H4,17,18,19,20,21)/t10-/m0/s1. The third kappa shape index (κ3) is 3.76. The Balaban J connectivity index is 1.59. The number of carbonyl (C=O) groups excluding carboxylic acids is 1. The van der Waals surface area contributed by atoms with Crippen molar-refractivity contribution in [3.05, 3.63) is 41.2 Å². The van der Waals surface area contributed by atoms with Crippen molar-refractivity contribution in [1.82, 2.24) is 19.9 Å². The summed E-state index contributed by atoms with van der Waals surface area (Å²) in [6, 6.07) is 8.27. The molecule has 0 saturated carbocycles. The lowest BCUT2D eigenvalue weighted by atomic mass is 10.00. The average molecular weight is 344 g/mol. The third-order valence-corrected chi connectivity index (χ3v) is 5.10. The molecule has 0 bridgehead atoms. The third-order valence-electron chi connectivity index (χ3n) is 3.97. The zero-order valence-electron chi connectivity index (χ0n) is 13.5. The zero-order valence-corrected chi connectivity index (χ0v) is 14.3. The Kier molecular flexibility index (Phi) is 4.84. The van der Waals surface area contributed by atoms with Crippen LogP contribution in [0.3, 0.4) is 0 Å². The number of hydrogen-bond donors (Lipinski definition) is 2. The Bertz CT molecular complexity index is 733. The molecular formula is C16H20N6OS. The van der Waals surface area contributed by atoms with Gasteiger partial charge in [0.05, 0.1) is 11.0 Å². The topological polar surface area (TPSA) is 111 Å². The van der Waals surface area contributed by atoms with E-state index in [2.05, 4.69) is 27.1 Å². The molecule has 0 radical (unpaired) electrons. The van der Waals surface area contributed by atoms with E-state index >= 15 is 0 Å². The van der Waals surface area contributed by atoms with Crippen molar-refractivity contribution in [2.24, 2.45) is 0 Å². The van der Waals surface area contributed by atoms with Crippen LogP contribution in [0.4, 0.5) is 11.9 Å². The Morgan fingerprint density at radius 2 is 1.88 bits per heavy atom. The van der Waals surface area contributed by atoms with E-state index in [1.165, 1.54) is 22.9 Å². The van der Waals surface area contributed by atoms with Crippen LogP contribution in [0.2, 0.25) is 0 Å². The van der Waals surface area contributed by atoms with Gasteiger partial charge in [-0.15, -0.1) is 11.8 Å². The maximum absolute atomic E-state index is 12.7. The molecule has 1 aromatic heterocycles. The summed E-state index contributed by atoms with van der Waals surface area (Å²) in [4.78, 5) is 26.4. The van der Waals surface area contributed by atoms with Crippen LogP contribution in [-0.2, 0) is 23.5 Å². The van der Waals surface area contributed by atoms with Crippen LogP contribution < -0.4 is 11.5 Å². The number of anilines is 2. The summed E-state index contributed by atoms with van der Waals surface area (Å²) < 4.78 is 0. The second kappa shape index (κ2) is 7.04. The summed E-state index contributed by atoms with van der Waals surface area (Å²) in [5.41, 5.74) is 13.7. The fraction of sp³-hybridized carbons (Fsp3) is 0.375. The maximum Gasteiger partial charge on any atom is 0.235 e. The van der Waals surface area contributed by atoms with E-state index in [-0.39, 0.29) is 23.1 Å². The highest BCUT2D eigenvalue weighted by Gasteiger charge is 2.25. The van der Waals surface area contributed by atoms with Crippen LogP contribution in [0.25, 0.3) is 0 Å². The molecular weight excluding hydrogens is 324 g/mol. The van der Waals surface area contributed by atoms with Crippen molar-refractivity contribution < 1.29 is 4.79 Å². The number of amides is 1. The van der Waals surface area contributed by atoms with Crippen LogP contribution in [0.15, 0.2) is 24.3 Å². The number of nitrogens with zero attached hydrogens (tertiary/aromatic N) is 4. The first kappa shape index (κ1) is 16.5. The molecule has 0 spiro atoms. The summed E-state index contributed by atoms with van der Waals surface area (Å²) >= 11 is 1.47. The summed E-state index contributed by atoms with van der Waals surface area (Å²) in [7, 11) is 0. The average Bonchev–Trinajstić information content (AvgIpc) is 2.57. The van der Waals surface area contributed by atoms with Crippen LogP contribution in [0.1, 0.15) is 23.9 Å². The smallest absolute Gasteiger partial charge is 0.235 e. The number of benzene rings is 1. The quantitative estimate of drug-likeness (QED) is 0.858. The number of carbonyl (C=O) groups is 1. The number of rotatable bonds is 4. The zero-order chi connectivity index (χ0) is 17.1. The Hall–Kier alpha value is -2.35. The molecule has 2 aromatic rings. The molecule has 7 nitrogen and oxygen atoms in total. The lowest BCUT2D eigenvalue weighted by Crippen LogP contribution is -2.40. The first-order chi connectivity index (χ1) is 11.5. The Labute approximate surface area is 144 Å². The van der Waals surface area contributed by atoms with Crippen LogP contribution >= 0.6 is 11.8 Å². The predicted molar refractivity (Wildman–Crippen MR) is 95.0 cm³/mol. The molecule has 8 heteroatoms. The highest BCUT2D eigenvalue weighted by atomic mass is 32.2. The molecule has 1 atom stereocenters. The lowest BCUT2D eigenvalue weighted by Gasteiger charge is -2.30. The number of aromatic nitrogens is 3. The molecule has 0 saturated heterocycles.